The summed E-state index contributed by atoms with van der Waals surface area (Å²) in [5.41, 5.74) is 0.902. The number of carbonyl (C=O) groups is 1. The van der Waals surface area contributed by atoms with Gasteiger partial charge >= 0.3 is 0 Å². The van der Waals surface area contributed by atoms with Crippen molar-refractivity contribution in [1.82, 2.24) is 14.9 Å². The van der Waals surface area contributed by atoms with Gasteiger partial charge in [0, 0.05) is 25.4 Å². The highest BCUT2D eigenvalue weighted by atomic mass is 16.7. The van der Waals surface area contributed by atoms with Crippen LogP contribution in [-0.4, -0.2) is 53.9 Å². The van der Waals surface area contributed by atoms with Crippen molar-refractivity contribution in [3.63, 3.8) is 0 Å². The van der Waals surface area contributed by atoms with E-state index in [1.54, 1.807) is 17.3 Å². The molecule has 1 saturated heterocycles. The van der Waals surface area contributed by atoms with Crippen LogP contribution in [0, 0.1) is 0 Å². The second-order valence-corrected chi connectivity index (χ2v) is 6.10. The van der Waals surface area contributed by atoms with Gasteiger partial charge in [-0.3, -0.25) is 4.79 Å². The Balaban J connectivity index is 1.35. The van der Waals surface area contributed by atoms with Crippen molar-refractivity contribution in [2.75, 3.05) is 27.0 Å². The third-order valence-corrected chi connectivity index (χ3v) is 4.39. The third-order valence-electron chi connectivity index (χ3n) is 4.39. The molecule has 0 radical (unpaired) electrons. The first kappa shape index (κ1) is 16.4. The van der Waals surface area contributed by atoms with E-state index in [2.05, 4.69) is 9.97 Å². The Labute approximate surface area is 150 Å². The van der Waals surface area contributed by atoms with Gasteiger partial charge in [-0.25, -0.2) is 9.97 Å². The first-order valence-electron chi connectivity index (χ1n) is 8.41. The molecule has 8 nitrogen and oxygen atoms in total. The van der Waals surface area contributed by atoms with Crippen molar-refractivity contribution >= 4 is 5.91 Å². The topological polar surface area (TPSA) is 83.0 Å². The fraction of sp³-hybridized carbons (Fsp3) is 0.389. The number of hydrogen-bond donors (Lipinski definition) is 0. The minimum atomic E-state index is -0.124. The fourth-order valence-electron chi connectivity index (χ4n) is 3.08. The van der Waals surface area contributed by atoms with Crippen molar-refractivity contribution in [1.29, 1.82) is 0 Å². The molecule has 26 heavy (non-hydrogen) atoms. The number of ether oxygens (including phenoxy) is 4. The SMILES string of the molecule is COc1nccnc1O[C@H]1CCN(C(=O)Cc2ccc3c(c2)OCO3)C1. The average molecular weight is 357 g/mol. The first-order chi connectivity index (χ1) is 12.7. The smallest absolute Gasteiger partial charge is 0.278 e. The molecule has 0 N–H and O–H groups in total. The lowest BCUT2D eigenvalue weighted by Gasteiger charge is -2.17. The Kier molecular flexibility index (Phi) is 4.47. The molecular weight excluding hydrogens is 338 g/mol. The number of benzene rings is 1. The molecule has 1 aromatic heterocycles. The van der Waals surface area contributed by atoms with E-state index >= 15 is 0 Å². The van der Waals surface area contributed by atoms with E-state index in [-0.39, 0.29) is 18.8 Å². The summed E-state index contributed by atoms with van der Waals surface area (Å²) >= 11 is 0. The molecule has 2 aromatic rings. The predicted octanol–water partition coefficient (Wildman–Crippen LogP) is 1.44. The zero-order chi connectivity index (χ0) is 17.9. The van der Waals surface area contributed by atoms with Crippen LogP contribution in [0.1, 0.15) is 12.0 Å². The summed E-state index contributed by atoms with van der Waals surface area (Å²) in [6.45, 7) is 1.39. The maximum atomic E-state index is 12.6. The van der Waals surface area contributed by atoms with Gasteiger partial charge in [-0.1, -0.05) is 6.07 Å². The van der Waals surface area contributed by atoms with Gasteiger partial charge in [-0.2, -0.15) is 0 Å². The van der Waals surface area contributed by atoms with Crippen molar-refractivity contribution < 1.29 is 23.7 Å². The Morgan fingerprint density at radius 3 is 2.88 bits per heavy atom. The van der Waals surface area contributed by atoms with Gasteiger partial charge in [0.05, 0.1) is 20.1 Å². The number of hydrogen-bond acceptors (Lipinski definition) is 7. The lowest BCUT2D eigenvalue weighted by molar-refractivity contribution is -0.129. The lowest BCUT2D eigenvalue weighted by atomic mass is 10.1. The van der Waals surface area contributed by atoms with Crippen LogP contribution in [0.5, 0.6) is 23.3 Å². The number of amides is 1. The number of rotatable bonds is 5. The third kappa shape index (κ3) is 3.35. The van der Waals surface area contributed by atoms with Crippen LogP contribution in [0.4, 0.5) is 0 Å². The second-order valence-electron chi connectivity index (χ2n) is 6.10. The van der Waals surface area contributed by atoms with Gasteiger partial charge in [0.1, 0.15) is 6.10 Å². The average Bonchev–Trinajstić information content (AvgIpc) is 3.31. The molecule has 2 aliphatic rings. The number of nitrogens with zero attached hydrogens (tertiary/aromatic N) is 3. The maximum Gasteiger partial charge on any atom is 0.278 e. The summed E-state index contributed by atoms with van der Waals surface area (Å²) in [4.78, 5) is 22.6. The van der Waals surface area contributed by atoms with E-state index in [4.69, 9.17) is 18.9 Å². The summed E-state index contributed by atoms with van der Waals surface area (Å²) < 4.78 is 21.7. The minimum Gasteiger partial charge on any atom is -0.477 e. The molecule has 1 atom stereocenters. The molecule has 0 spiro atoms. The molecule has 8 heteroatoms. The van der Waals surface area contributed by atoms with E-state index in [1.807, 2.05) is 18.2 Å². The minimum absolute atomic E-state index is 0.0566. The molecule has 0 bridgehead atoms. The molecule has 1 amide bonds. The van der Waals surface area contributed by atoms with Crippen molar-refractivity contribution in [3.8, 4) is 23.3 Å². The molecule has 2 aliphatic heterocycles. The molecule has 1 fully saturated rings. The van der Waals surface area contributed by atoms with E-state index < -0.39 is 0 Å². The van der Waals surface area contributed by atoms with Crippen molar-refractivity contribution in [2.45, 2.75) is 18.9 Å². The predicted molar refractivity (Wildman–Crippen MR) is 90.5 cm³/mol. The quantitative estimate of drug-likeness (QED) is 0.800. The summed E-state index contributed by atoms with van der Waals surface area (Å²) in [5.74, 6) is 2.16. The summed E-state index contributed by atoms with van der Waals surface area (Å²) in [6.07, 6.45) is 4.03. The van der Waals surface area contributed by atoms with Gasteiger partial charge in [0.2, 0.25) is 12.7 Å². The molecule has 3 heterocycles. The van der Waals surface area contributed by atoms with Crippen molar-refractivity contribution in [2.24, 2.45) is 0 Å². The Hall–Kier alpha value is -3.03. The van der Waals surface area contributed by atoms with Gasteiger partial charge in [0.15, 0.2) is 11.5 Å². The van der Waals surface area contributed by atoms with Crippen LogP contribution < -0.4 is 18.9 Å². The molecule has 0 unspecified atom stereocenters. The zero-order valence-corrected chi connectivity index (χ0v) is 14.4. The standard InChI is InChI=1S/C18H19N3O5/c1-23-17-18(20-6-5-19-17)26-13-4-7-21(10-13)16(22)9-12-2-3-14-15(8-12)25-11-24-14/h2-3,5-6,8,13H,4,7,9-11H2,1H3/t13-/m0/s1. The van der Waals surface area contributed by atoms with E-state index in [9.17, 15) is 4.79 Å². The van der Waals surface area contributed by atoms with Gasteiger partial charge in [-0.05, 0) is 17.7 Å². The highest BCUT2D eigenvalue weighted by molar-refractivity contribution is 5.79. The highest BCUT2D eigenvalue weighted by Crippen LogP contribution is 2.33. The molecule has 1 aromatic carbocycles. The van der Waals surface area contributed by atoms with Crippen molar-refractivity contribution in [3.05, 3.63) is 36.2 Å². The second kappa shape index (κ2) is 7.07. The van der Waals surface area contributed by atoms with Crippen LogP contribution in [0.3, 0.4) is 0 Å². The number of carbonyl (C=O) groups excluding carboxylic acids is 1. The number of aromatic nitrogens is 2. The van der Waals surface area contributed by atoms with E-state index in [1.165, 1.54) is 7.11 Å². The highest BCUT2D eigenvalue weighted by Gasteiger charge is 2.29. The molecule has 0 saturated carbocycles. The van der Waals surface area contributed by atoms with Crippen LogP contribution in [0.2, 0.25) is 0 Å². The van der Waals surface area contributed by atoms with Crippen LogP contribution in [0.25, 0.3) is 0 Å². The summed E-state index contributed by atoms with van der Waals surface area (Å²) in [5, 5.41) is 0. The normalized spacial score (nSPS) is 18.0. The van der Waals surface area contributed by atoms with Crippen LogP contribution in [-0.2, 0) is 11.2 Å². The van der Waals surface area contributed by atoms with E-state index in [0.717, 1.165) is 12.0 Å². The summed E-state index contributed by atoms with van der Waals surface area (Å²) in [7, 11) is 1.52. The van der Waals surface area contributed by atoms with E-state index in [0.29, 0.717) is 42.8 Å². The largest absolute Gasteiger partial charge is 0.477 e. The first-order valence-corrected chi connectivity index (χ1v) is 8.41. The number of likely N-dealkylation sites (tertiary alicyclic amines) is 1. The Morgan fingerprint density at radius 2 is 2.04 bits per heavy atom. The maximum absolute atomic E-state index is 12.6. The monoisotopic (exact) mass is 357 g/mol. The zero-order valence-electron chi connectivity index (χ0n) is 14.4. The molecule has 0 aliphatic carbocycles. The molecule has 4 rings (SSSR count). The van der Waals surface area contributed by atoms with Gasteiger partial charge in [0.25, 0.3) is 11.8 Å². The lowest BCUT2D eigenvalue weighted by Crippen LogP contribution is -2.32. The van der Waals surface area contributed by atoms with Crippen LogP contribution in [0.15, 0.2) is 30.6 Å². The fourth-order valence-corrected chi connectivity index (χ4v) is 3.08. The van der Waals surface area contributed by atoms with Gasteiger partial charge < -0.3 is 23.8 Å². The Bertz CT molecular complexity index is 813. The number of fused-ring (bicyclic) bond motifs is 1. The van der Waals surface area contributed by atoms with Gasteiger partial charge in [-0.15, -0.1) is 0 Å². The summed E-state index contributed by atoms with van der Waals surface area (Å²) in [6, 6.07) is 5.58. The van der Waals surface area contributed by atoms with Crippen LogP contribution >= 0.6 is 0 Å². The molecule has 136 valence electrons. The number of methoxy groups -OCH3 is 1. The molecular formula is C18H19N3O5. The Morgan fingerprint density at radius 1 is 1.23 bits per heavy atom.